The van der Waals surface area contributed by atoms with Gasteiger partial charge in [-0.05, 0) is 19.9 Å². The summed E-state index contributed by atoms with van der Waals surface area (Å²) in [5, 5.41) is 13.3. The Morgan fingerprint density at radius 2 is 2.05 bits per heavy atom. The van der Waals surface area contributed by atoms with E-state index in [1.54, 1.807) is 13.8 Å². The Morgan fingerprint density at radius 1 is 1.43 bits per heavy atom. The first-order valence-corrected chi connectivity index (χ1v) is 7.97. The van der Waals surface area contributed by atoms with Crippen LogP contribution >= 0.6 is 0 Å². The number of sulfonamides is 1. The largest absolute Gasteiger partial charge is 0.352 e. The van der Waals surface area contributed by atoms with Crippen molar-refractivity contribution in [3.8, 4) is 0 Å². The summed E-state index contributed by atoms with van der Waals surface area (Å²) < 4.78 is 24.5. The predicted molar refractivity (Wildman–Crippen MR) is 78.6 cm³/mol. The highest BCUT2D eigenvalue weighted by atomic mass is 32.2. The van der Waals surface area contributed by atoms with Gasteiger partial charge in [-0.3, -0.25) is 19.2 Å². The van der Waals surface area contributed by atoms with Crippen molar-refractivity contribution in [2.75, 3.05) is 17.1 Å². The lowest BCUT2D eigenvalue weighted by molar-refractivity contribution is -0.384. The molecule has 0 radical (unpaired) electrons. The van der Waals surface area contributed by atoms with E-state index in [1.807, 2.05) is 0 Å². The Balaban J connectivity index is 3.12. The SMILES string of the molecule is CC(C)NC(=O)CN(c1cccc([N+](=O)[O-])c1)S(C)(=O)=O. The van der Waals surface area contributed by atoms with Crippen LogP contribution in [0.2, 0.25) is 0 Å². The fourth-order valence-corrected chi connectivity index (χ4v) is 2.51. The van der Waals surface area contributed by atoms with E-state index in [1.165, 1.54) is 18.2 Å². The molecule has 9 heteroatoms. The second-order valence-electron chi connectivity index (χ2n) is 4.77. The molecule has 0 spiro atoms. The van der Waals surface area contributed by atoms with Crippen molar-refractivity contribution in [1.29, 1.82) is 0 Å². The number of hydrogen-bond acceptors (Lipinski definition) is 5. The van der Waals surface area contributed by atoms with Gasteiger partial charge in [0.15, 0.2) is 0 Å². The molecule has 0 bridgehead atoms. The third kappa shape index (κ3) is 5.03. The molecule has 1 aromatic carbocycles. The van der Waals surface area contributed by atoms with Crippen LogP contribution < -0.4 is 9.62 Å². The Morgan fingerprint density at radius 3 is 2.52 bits per heavy atom. The molecule has 0 atom stereocenters. The number of nitro benzene ring substituents is 1. The lowest BCUT2D eigenvalue weighted by Gasteiger charge is -2.22. The van der Waals surface area contributed by atoms with E-state index in [0.717, 1.165) is 16.6 Å². The summed E-state index contributed by atoms with van der Waals surface area (Å²) in [5.74, 6) is -0.484. The number of carbonyl (C=O) groups is 1. The maximum Gasteiger partial charge on any atom is 0.271 e. The number of hydrogen-bond donors (Lipinski definition) is 1. The van der Waals surface area contributed by atoms with Crippen molar-refractivity contribution in [1.82, 2.24) is 5.32 Å². The summed E-state index contributed by atoms with van der Waals surface area (Å²) >= 11 is 0. The van der Waals surface area contributed by atoms with Gasteiger partial charge in [0.05, 0.1) is 16.9 Å². The molecule has 1 aromatic rings. The minimum Gasteiger partial charge on any atom is -0.352 e. The number of benzene rings is 1. The van der Waals surface area contributed by atoms with E-state index in [-0.39, 0.29) is 17.4 Å². The minimum atomic E-state index is -3.74. The molecule has 0 aromatic heterocycles. The van der Waals surface area contributed by atoms with E-state index >= 15 is 0 Å². The maximum absolute atomic E-state index is 11.8. The fraction of sp³-hybridized carbons (Fsp3) is 0.417. The van der Waals surface area contributed by atoms with Crippen LogP contribution in [0.4, 0.5) is 11.4 Å². The zero-order chi connectivity index (χ0) is 16.2. The van der Waals surface area contributed by atoms with Crippen molar-refractivity contribution in [3.63, 3.8) is 0 Å². The average molecular weight is 315 g/mol. The van der Waals surface area contributed by atoms with E-state index in [4.69, 9.17) is 0 Å². The molecule has 116 valence electrons. The molecule has 0 unspecified atom stereocenters. The number of nitrogens with zero attached hydrogens (tertiary/aromatic N) is 2. The van der Waals surface area contributed by atoms with Gasteiger partial charge in [0.2, 0.25) is 15.9 Å². The van der Waals surface area contributed by atoms with Crippen molar-refractivity contribution >= 4 is 27.3 Å². The summed E-state index contributed by atoms with van der Waals surface area (Å²) in [7, 11) is -3.74. The lowest BCUT2D eigenvalue weighted by Crippen LogP contribution is -2.42. The van der Waals surface area contributed by atoms with Gasteiger partial charge in [-0.15, -0.1) is 0 Å². The van der Waals surface area contributed by atoms with Gasteiger partial charge in [0.1, 0.15) is 6.54 Å². The summed E-state index contributed by atoms with van der Waals surface area (Å²) in [4.78, 5) is 21.9. The number of carbonyl (C=O) groups excluding carboxylic acids is 1. The third-order valence-corrected chi connectivity index (χ3v) is 3.61. The molecule has 0 aliphatic rings. The molecule has 0 heterocycles. The standard InChI is InChI=1S/C12H17N3O5S/c1-9(2)13-12(16)8-14(21(3,19)20)10-5-4-6-11(7-10)15(17)18/h4-7,9H,8H2,1-3H3,(H,13,16). The van der Waals surface area contributed by atoms with Gasteiger partial charge < -0.3 is 5.32 Å². The Kier molecular flexibility index (Phi) is 5.25. The maximum atomic E-state index is 11.8. The molecule has 0 fully saturated rings. The molecule has 0 saturated heterocycles. The molecule has 0 aliphatic heterocycles. The minimum absolute atomic E-state index is 0.0746. The van der Waals surface area contributed by atoms with Crippen LogP contribution in [0.15, 0.2) is 24.3 Å². The number of nitro groups is 1. The van der Waals surface area contributed by atoms with E-state index in [2.05, 4.69) is 5.32 Å². The van der Waals surface area contributed by atoms with Crippen LogP contribution in [-0.2, 0) is 14.8 Å². The monoisotopic (exact) mass is 315 g/mol. The number of amides is 1. The molecule has 1 rings (SSSR count). The summed E-state index contributed by atoms with van der Waals surface area (Å²) in [6.07, 6.45) is 0.939. The van der Waals surface area contributed by atoms with Gasteiger partial charge in [0.25, 0.3) is 5.69 Å². The highest BCUT2D eigenvalue weighted by Gasteiger charge is 2.22. The highest BCUT2D eigenvalue weighted by Crippen LogP contribution is 2.22. The van der Waals surface area contributed by atoms with E-state index in [0.29, 0.717) is 0 Å². The van der Waals surface area contributed by atoms with Crippen LogP contribution in [0.25, 0.3) is 0 Å². The van der Waals surface area contributed by atoms with E-state index in [9.17, 15) is 23.3 Å². The number of non-ortho nitro benzene ring substituents is 1. The molecule has 1 amide bonds. The first-order valence-electron chi connectivity index (χ1n) is 6.13. The van der Waals surface area contributed by atoms with E-state index < -0.39 is 27.4 Å². The molecule has 0 saturated carbocycles. The zero-order valence-electron chi connectivity index (χ0n) is 11.9. The molecular formula is C12H17N3O5S. The summed E-state index contributed by atoms with van der Waals surface area (Å²) in [5.41, 5.74) is -0.170. The Hall–Kier alpha value is -2.16. The number of nitrogens with one attached hydrogen (secondary N) is 1. The Labute approximate surface area is 123 Å². The summed E-state index contributed by atoms with van der Waals surface area (Å²) in [6, 6.07) is 4.99. The van der Waals surface area contributed by atoms with Gasteiger partial charge in [-0.2, -0.15) is 0 Å². The van der Waals surface area contributed by atoms with Gasteiger partial charge in [-0.25, -0.2) is 8.42 Å². The number of anilines is 1. The highest BCUT2D eigenvalue weighted by molar-refractivity contribution is 7.92. The first-order chi connectivity index (χ1) is 9.61. The predicted octanol–water partition coefficient (Wildman–Crippen LogP) is 0.885. The molecule has 0 aliphatic carbocycles. The molecule has 1 N–H and O–H groups in total. The van der Waals surface area contributed by atoms with Crippen LogP contribution in [0.3, 0.4) is 0 Å². The van der Waals surface area contributed by atoms with Gasteiger partial charge in [-0.1, -0.05) is 6.07 Å². The molecular weight excluding hydrogens is 298 g/mol. The van der Waals surface area contributed by atoms with Crippen LogP contribution in [0.1, 0.15) is 13.8 Å². The molecule has 8 nitrogen and oxygen atoms in total. The van der Waals surface area contributed by atoms with Crippen molar-refractivity contribution in [2.45, 2.75) is 19.9 Å². The second kappa shape index (κ2) is 6.53. The van der Waals surface area contributed by atoms with Crippen molar-refractivity contribution < 1.29 is 18.1 Å². The topological polar surface area (TPSA) is 110 Å². The third-order valence-electron chi connectivity index (χ3n) is 2.47. The van der Waals surface area contributed by atoms with Crippen molar-refractivity contribution in [2.24, 2.45) is 0 Å². The summed E-state index contributed by atoms with van der Waals surface area (Å²) in [6.45, 7) is 3.06. The molecule has 21 heavy (non-hydrogen) atoms. The second-order valence-corrected chi connectivity index (χ2v) is 6.68. The van der Waals surface area contributed by atoms with Crippen molar-refractivity contribution in [3.05, 3.63) is 34.4 Å². The normalized spacial score (nSPS) is 11.2. The fourth-order valence-electron chi connectivity index (χ4n) is 1.66. The average Bonchev–Trinajstić information content (AvgIpc) is 2.34. The zero-order valence-corrected chi connectivity index (χ0v) is 12.8. The van der Waals surface area contributed by atoms with Gasteiger partial charge >= 0.3 is 0 Å². The van der Waals surface area contributed by atoms with Crippen LogP contribution in [0, 0.1) is 10.1 Å². The quantitative estimate of drug-likeness (QED) is 0.619. The van der Waals surface area contributed by atoms with Crippen LogP contribution in [0.5, 0.6) is 0 Å². The first kappa shape index (κ1) is 16.9. The van der Waals surface area contributed by atoms with Gasteiger partial charge in [0, 0.05) is 18.2 Å². The lowest BCUT2D eigenvalue weighted by atomic mass is 10.3. The smallest absolute Gasteiger partial charge is 0.271 e. The van der Waals surface area contributed by atoms with Crippen LogP contribution in [-0.4, -0.2) is 38.1 Å². The Bertz CT molecular complexity index is 642. The number of rotatable bonds is 6.